The molecule has 2 aromatic carbocycles. The molecule has 2 aromatic rings. The van der Waals surface area contributed by atoms with Crippen molar-refractivity contribution in [3.05, 3.63) is 59.0 Å². The SMILES string of the molecule is CCOc1ccccc1N1C(=O)/C(=C\c2ccccc2OCC(=O)O)SC1=S. The molecular formula is C20H17NO5S2. The number of thiocarbonyl (C=S) groups is 1. The number of anilines is 1. The van der Waals surface area contributed by atoms with Gasteiger partial charge in [0.2, 0.25) is 0 Å². The van der Waals surface area contributed by atoms with E-state index >= 15 is 0 Å². The van der Waals surface area contributed by atoms with Crippen LogP contribution in [0.5, 0.6) is 11.5 Å². The van der Waals surface area contributed by atoms with Gasteiger partial charge in [-0.25, -0.2) is 4.79 Å². The van der Waals surface area contributed by atoms with Crippen LogP contribution in [0.4, 0.5) is 5.69 Å². The van der Waals surface area contributed by atoms with Crippen LogP contribution in [0.2, 0.25) is 0 Å². The summed E-state index contributed by atoms with van der Waals surface area (Å²) in [6.45, 7) is 1.87. The van der Waals surface area contributed by atoms with Crippen molar-refractivity contribution < 1.29 is 24.2 Å². The fraction of sp³-hybridized carbons (Fsp3) is 0.150. The van der Waals surface area contributed by atoms with Crippen LogP contribution < -0.4 is 14.4 Å². The summed E-state index contributed by atoms with van der Waals surface area (Å²) in [7, 11) is 0. The monoisotopic (exact) mass is 415 g/mol. The number of carboxylic acids is 1. The number of rotatable bonds is 7. The van der Waals surface area contributed by atoms with Crippen molar-refractivity contribution >= 4 is 51.9 Å². The molecule has 6 nitrogen and oxygen atoms in total. The fourth-order valence-electron chi connectivity index (χ4n) is 2.61. The summed E-state index contributed by atoms with van der Waals surface area (Å²) < 4.78 is 11.3. The zero-order chi connectivity index (χ0) is 20.1. The van der Waals surface area contributed by atoms with Gasteiger partial charge in [-0.05, 0) is 31.2 Å². The van der Waals surface area contributed by atoms with Gasteiger partial charge in [-0.15, -0.1) is 0 Å². The number of carboxylic acid groups (broad SMARTS) is 1. The number of hydrogen-bond acceptors (Lipinski definition) is 6. The van der Waals surface area contributed by atoms with Gasteiger partial charge in [0.25, 0.3) is 5.91 Å². The lowest BCUT2D eigenvalue weighted by Crippen LogP contribution is -2.28. The maximum Gasteiger partial charge on any atom is 0.341 e. The molecule has 0 unspecified atom stereocenters. The number of para-hydroxylation sites is 3. The zero-order valence-corrected chi connectivity index (χ0v) is 16.6. The Hall–Kier alpha value is -2.84. The van der Waals surface area contributed by atoms with Gasteiger partial charge in [-0.2, -0.15) is 0 Å². The van der Waals surface area contributed by atoms with Gasteiger partial charge >= 0.3 is 5.97 Å². The summed E-state index contributed by atoms with van der Waals surface area (Å²) in [6.07, 6.45) is 1.65. The van der Waals surface area contributed by atoms with Gasteiger partial charge in [0, 0.05) is 5.56 Å². The average Bonchev–Trinajstić information content (AvgIpc) is 2.95. The van der Waals surface area contributed by atoms with E-state index in [-0.39, 0.29) is 5.91 Å². The number of hydrogen-bond donors (Lipinski definition) is 1. The maximum atomic E-state index is 13.0. The fourth-order valence-corrected chi connectivity index (χ4v) is 3.88. The first-order valence-electron chi connectivity index (χ1n) is 8.44. The smallest absolute Gasteiger partial charge is 0.341 e. The number of benzene rings is 2. The van der Waals surface area contributed by atoms with E-state index in [4.69, 9.17) is 26.8 Å². The van der Waals surface area contributed by atoms with Crippen LogP contribution in [0.3, 0.4) is 0 Å². The number of carbonyl (C=O) groups is 2. The van der Waals surface area contributed by atoms with Crippen molar-refractivity contribution in [2.45, 2.75) is 6.92 Å². The van der Waals surface area contributed by atoms with E-state index in [2.05, 4.69) is 0 Å². The highest BCUT2D eigenvalue weighted by Crippen LogP contribution is 2.40. The summed E-state index contributed by atoms with van der Waals surface area (Å²) in [5.74, 6) is -0.388. The van der Waals surface area contributed by atoms with E-state index in [0.717, 1.165) is 0 Å². The summed E-state index contributed by atoms with van der Waals surface area (Å²) in [5, 5.41) is 8.82. The second-order valence-corrected chi connectivity index (χ2v) is 7.31. The van der Waals surface area contributed by atoms with Gasteiger partial charge in [0.05, 0.1) is 17.2 Å². The Kier molecular flexibility index (Phi) is 6.33. The maximum absolute atomic E-state index is 13.0. The van der Waals surface area contributed by atoms with Crippen LogP contribution in [0, 0.1) is 0 Å². The lowest BCUT2D eigenvalue weighted by Gasteiger charge is -2.18. The van der Waals surface area contributed by atoms with Gasteiger partial charge < -0.3 is 14.6 Å². The van der Waals surface area contributed by atoms with Crippen LogP contribution in [-0.4, -0.2) is 34.5 Å². The van der Waals surface area contributed by atoms with E-state index in [0.29, 0.717) is 38.6 Å². The standard InChI is InChI=1S/C20H17NO5S2/c1-2-25-16-10-6-4-8-14(16)21-19(24)17(28-20(21)27)11-13-7-3-5-9-15(13)26-12-18(22)23/h3-11H,2,12H2,1H3,(H,22,23)/b17-11+. The zero-order valence-electron chi connectivity index (χ0n) is 15.0. The molecule has 28 heavy (non-hydrogen) atoms. The predicted molar refractivity (Wildman–Crippen MR) is 113 cm³/mol. The summed E-state index contributed by atoms with van der Waals surface area (Å²) in [5.41, 5.74) is 1.19. The Morgan fingerprint density at radius 1 is 1.14 bits per heavy atom. The highest BCUT2D eigenvalue weighted by atomic mass is 32.2. The molecule has 0 aromatic heterocycles. The molecule has 0 radical (unpaired) electrons. The molecule has 1 N–H and O–H groups in total. The van der Waals surface area contributed by atoms with E-state index in [1.807, 2.05) is 19.1 Å². The van der Waals surface area contributed by atoms with Crippen molar-refractivity contribution in [1.29, 1.82) is 0 Å². The molecule has 0 saturated carbocycles. The third-order valence-electron chi connectivity index (χ3n) is 3.76. The summed E-state index contributed by atoms with van der Waals surface area (Å²) in [6, 6.07) is 14.1. The minimum absolute atomic E-state index is 0.268. The molecule has 0 atom stereocenters. The van der Waals surface area contributed by atoms with E-state index in [1.165, 1.54) is 16.7 Å². The van der Waals surface area contributed by atoms with Crippen LogP contribution in [-0.2, 0) is 9.59 Å². The normalized spacial score (nSPS) is 15.2. The molecule has 144 valence electrons. The molecule has 1 amide bonds. The van der Waals surface area contributed by atoms with Crippen molar-refractivity contribution in [2.75, 3.05) is 18.1 Å². The highest BCUT2D eigenvalue weighted by molar-refractivity contribution is 8.27. The Balaban J connectivity index is 1.92. The molecule has 1 aliphatic rings. The Labute approximate surface area is 171 Å². The number of nitrogens with zero attached hydrogens (tertiary/aromatic N) is 1. The van der Waals surface area contributed by atoms with Gasteiger partial charge in [0.1, 0.15) is 11.5 Å². The molecule has 1 heterocycles. The molecule has 0 bridgehead atoms. The van der Waals surface area contributed by atoms with E-state index in [9.17, 15) is 9.59 Å². The largest absolute Gasteiger partial charge is 0.492 e. The topological polar surface area (TPSA) is 76.1 Å². The minimum Gasteiger partial charge on any atom is -0.492 e. The lowest BCUT2D eigenvalue weighted by molar-refractivity contribution is -0.139. The second-order valence-electron chi connectivity index (χ2n) is 5.64. The first-order valence-corrected chi connectivity index (χ1v) is 9.67. The van der Waals surface area contributed by atoms with Gasteiger partial charge in [-0.1, -0.05) is 54.3 Å². The molecule has 1 fully saturated rings. The van der Waals surface area contributed by atoms with Crippen molar-refractivity contribution in [1.82, 2.24) is 0 Å². The summed E-state index contributed by atoms with van der Waals surface area (Å²) in [4.78, 5) is 25.6. The Bertz CT molecular complexity index is 957. The first-order chi connectivity index (χ1) is 13.5. The van der Waals surface area contributed by atoms with Crippen LogP contribution >= 0.6 is 24.0 Å². The quantitative estimate of drug-likeness (QED) is 0.542. The predicted octanol–water partition coefficient (Wildman–Crippen LogP) is 3.95. The molecule has 8 heteroatoms. The number of thioether (sulfide) groups is 1. The Morgan fingerprint density at radius 2 is 1.82 bits per heavy atom. The van der Waals surface area contributed by atoms with Crippen molar-refractivity contribution in [2.24, 2.45) is 0 Å². The lowest BCUT2D eigenvalue weighted by atomic mass is 10.2. The van der Waals surface area contributed by atoms with Gasteiger partial charge in [-0.3, -0.25) is 9.69 Å². The van der Waals surface area contributed by atoms with E-state index in [1.54, 1.807) is 42.5 Å². The molecule has 1 saturated heterocycles. The highest BCUT2D eigenvalue weighted by Gasteiger charge is 2.35. The molecule has 0 spiro atoms. The van der Waals surface area contributed by atoms with Crippen molar-refractivity contribution in [3.8, 4) is 11.5 Å². The third kappa shape index (κ3) is 4.35. The molecule has 0 aliphatic carbocycles. The number of amides is 1. The number of carbonyl (C=O) groups excluding carboxylic acids is 1. The molecule has 3 rings (SSSR count). The second kappa shape index (κ2) is 8.90. The van der Waals surface area contributed by atoms with Crippen LogP contribution in [0.25, 0.3) is 6.08 Å². The number of aliphatic carboxylic acids is 1. The average molecular weight is 415 g/mol. The summed E-state index contributed by atoms with van der Waals surface area (Å²) >= 11 is 6.59. The molecular weight excluding hydrogens is 398 g/mol. The third-order valence-corrected chi connectivity index (χ3v) is 5.06. The first kappa shape index (κ1) is 19.9. The van der Waals surface area contributed by atoms with Crippen LogP contribution in [0.1, 0.15) is 12.5 Å². The van der Waals surface area contributed by atoms with Crippen molar-refractivity contribution in [3.63, 3.8) is 0 Å². The van der Waals surface area contributed by atoms with Crippen LogP contribution in [0.15, 0.2) is 53.4 Å². The molecule has 1 aliphatic heterocycles. The Morgan fingerprint density at radius 3 is 2.54 bits per heavy atom. The van der Waals surface area contributed by atoms with E-state index < -0.39 is 12.6 Å². The van der Waals surface area contributed by atoms with Gasteiger partial charge in [0.15, 0.2) is 10.9 Å². The number of ether oxygens (including phenoxy) is 2. The minimum atomic E-state index is -1.08.